The van der Waals surface area contributed by atoms with E-state index < -0.39 is 0 Å². The molecule has 160 valence electrons. The summed E-state index contributed by atoms with van der Waals surface area (Å²) in [5.41, 5.74) is 3.36. The Bertz CT molecular complexity index is 920. The number of ether oxygens (including phenoxy) is 3. The van der Waals surface area contributed by atoms with Gasteiger partial charge in [-0.15, -0.1) is 0 Å². The summed E-state index contributed by atoms with van der Waals surface area (Å²) in [5, 5.41) is 4.17. The number of methoxy groups -OCH3 is 2. The quantitative estimate of drug-likeness (QED) is 0.485. The van der Waals surface area contributed by atoms with Gasteiger partial charge in [-0.25, -0.2) is 0 Å². The lowest BCUT2D eigenvalue weighted by Gasteiger charge is -2.13. The fraction of sp³-hybridized carbons (Fsp3) is 0.250. The Balaban J connectivity index is 0.00000320. The van der Waals surface area contributed by atoms with Crippen LogP contribution in [0.25, 0.3) is 0 Å². The molecular weight excluding hydrogens is 421 g/mol. The van der Waals surface area contributed by atoms with Crippen molar-refractivity contribution >= 4 is 11.6 Å². The molecule has 1 N–H and O–H groups in total. The van der Waals surface area contributed by atoms with Crippen LogP contribution in [-0.2, 0) is 19.6 Å². The zero-order chi connectivity index (χ0) is 20.5. The van der Waals surface area contributed by atoms with Crippen molar-refractivity contribution in [3.8, 4) is 17.2 Å². The van der Waals surface area contributed by atoms with Gasteiger partial charge in [0.15, 0.2) is 11.5 Å². The maximum absolute atomic E-state index is 6.20. The number of rotatable bonds is 10. The van der Waals surface area contributed by atoms with E-state index in [9.17, 15) is 0 Å². The first-order chi connectivity index (χ1) is 14.2. The van der Waals surface area contributed by atoms with Crippen LogP contribution in [-0.4, -0.2) is 20.8 Å². The zero-order valence-electron chi connectivity index (χ0n) is 17.2. The molecule has 0 aliphatic carbocycles. The molecule has 30 heavy (non-hydrogen) atoms. The van der Waals surface area contributed by atoms with E-state index in [2.05, 4.69) is 23.5 Å². The molecule has 3 aromatic carbocycles. The van der Waals surface area contributed by atoms with E-state index in [0.717, 1.165) is 41.3 Å². The number of hydrogen-bond donors (Lipinski definition) is 1. The highest BCUT2D eigenvalue weighted by atomic mass is 35.5. The SMILES string of the molecule is COc1ccc(CCNCc2cc(Cl)ccc2OCc2ccccc2)cc1OC.[Cl-]. The molecule has 0 spiro atoms. The molecule has 0 fully saturated rings. The van der Waals surface area contributed by atoms with Gasteiger partial charge in [-0.2, -0.15) is 0 Å². The van der Waals surface area contributed by atoms with Crippen LogP contribution >= 0.6 is 11.6 Å². The number of halogens is 2. The average molecular weight is 447 g/mol. The van der Waals surface area contributed by atoms with Crippen molar-refractivity contribution in [3.63, 3.8) is 0 Å². The molecule has 3 aromatic rings. The molecule has 6 heteroatoms. The molecule has 4 nitrogen and oxygen atoms in total. The average Bonchev–Trinajstić information content (AvgIpc) is 2.76. The van der Waals surface area contributed by atoms with E-state index >= 15 is 0 Å². The predicted molar refractivity (Wildman–Crippen MR) is 117 cm³/mol. The summed E-state index contributed by atoms with van der Waals surface area (Å²) in [6.07, 6.45) is 0.876. The lowest BCUT2D eigenvalue weighted by Crippen LogP contribution is -3.00. The van der Waals surface area contributed by atoms with Gasteiger partial charge in [0.1, 0.15) is 12.4 Å². The summed E-state index contributed by atoms with van der Waals surface area (Å²) < 4.78 is 16.7. The number of benzene rings is 3. The standard InChI is InChI=1S/C24H26ClNO3.ClH/c1-27-23-10-8-18(14-24(23)28-2)12-13-26-16-20-15-21(25)9-11-22(20)29-17-19-6-4-3-5-7-19;/h3-11,14-15,26H,12-13,16-17H2,1-2H3;1H/p-1. The van der Waals surface area contributed by atoms with Gasteiger partial charge < -0.3 is 31.9 Å². The molecule has 0 atom stereocenters. The molecule has 0 heterocycles. The van der Waals surface area contributed by atoms with E-state index in [1.165, 1.54) is 5.56 Å². The Hall–Kier alpha value is -2.40. The van der Waals surface area contributed by atoms with Crippen LogP contribution in [0.15, 0.2) is 66.7 Å². The topological polar surface area (TPSA) is 39.7 Å². The number of nitrogens with one attached hydrogen (secondary N) is 1. The third kappa shape index (κ3) is 6.84. The molecule has 0 amide bonds. The second-order valence-electron chi connectivity index (χ2n) is 6.64. The van der Waals surface area contributed by atoms with Crippen LogP contribution < -0.4 is 31.9 Å². The minimum Gasteiger partial charge on any atom is -1.00 e. The highest BCUT2D eigenvalue weighted by molar-refractivity contribution is 6.30. The van der Waals surface area contributed by atoms with Crippen molar-refractivity contribution < 1.29 is 26.6 Å². The van der Waals surface area contributed by atoms with Crippen LogP contribution in [0.5, 0.6) is 17.2 Å². The predicted octanol–water partition coefficient (Wildman–Crippen LogP) is 2.27. The Morgan fingerprint density at radius 3 is 2.27 bits per heavy atom. The molecule has 0 radical (unpaired) electrons. The Morgan fingerprint density at radius 1 is 0.800 bits per heavy atom. The Labute approximate surface area is 189 Å². The molecule has 0 aliphatic heterocycles. The van der Waals surface area contributed by atoms with Crippen molar-refractivity contribution in [1.29, 1.82) is 0 Å². The van der Waals surface area contributed by atoms with Gasteiger partial charge in [0.2, 0.25) is 0 Å². The Morgan fingerprint density at radius 2 is 1.53 bits per heavy atom. The van der Waals surface area contributed by atoms with Crippen LogP contribution in [0, 0.1) is 0 Å². The van der Waals surface area contributed by atoms with E-state index in [1.807, 2.05) is 48.5 Å². The summed E-state index contributed by atoms with van der Waals surface area (Å²) in [6, 6.07) is 21.9. The second-order valence-corrected chi connectivity index (χ2v) is 7.08. The van der Waals surface area contributed by atoms with Gasteiger partial charge in [-0.05, 0) is 54.4 Å². The smallest absolute Gasteiger partial charge is 0.160 e. The van der Waals surface area contributed by atoms with Crippen molar-refractivity contribution in [3.05, 3.63) is 88.4 Å². The first-order valence-corrected chi connectivity index (χ1v) is 9.94. The van der Waals surface area contributed by atoms with Crippen LogP contribution in [0.3, 0.4) is 0 Å². The van der Waals surface area contributed by atoms with E-state index in [0.29, 0.717) is 18.2 Å². The summed E-state index contributed by atoms with van der Waals surface area (Å²) in [4.78, 5) is 0. The molecule has 0 saturated carbocycles. The monoisotopic (exact) mass is 446 g/mol. The van der Waals surface area contributed by atoms with E-state index in [1.54, 1.807) is 14.2 Å². The van der Waals surface area contributed by atoms with Gasteiger partial charge in [-0.1, -0.05) is 48.0 Å². The summed E-state index contributed by atoms with van der Waals surface area (Å²) in [6.45, 7) is 2.03. The maximum Gasteiger partial charge on any atom is 0.160 e. The lowest BCUT2D eigenvalue weighted by molar-refractivity contribution is -0.00000667. The Kier molecular flexibility index (Phi) is 9.81. The molecule has 0 bridgehead atoms. The van der Waals surface area contributed by atoms with Crippen molar-refractivity contribution in [1.82, 2.24) is 5.32 Å². The minimum absolute atomic E-state index is 0. The first-order valence-electron chi connectivity index (χ1n) is 9.56. The van der Waals surface area contributed by atoms with Gasteiger partial charge in [0.05, 0.1) is 14.2 Å². The largest absolute Gasteiger partial charge is 1.00 e. The van der Waals surface area contributed by atoms with Crippen LogP contribution in [0.2, 0.25) is 5.02 Å². The molecule has 0 aliphatic rings. The molecule has 0 aromatic heterocycles. The third-order valence-electron chi connectivity index (χ3n) is 4.61. The molecule has 0 unspecified atom stereocenters. The third-order valence-corrected chi connectivity index (χ3v) is 4.85. The molecule has 3 rings (SSSR count). The van der Waals surface area contributed by atoms with Crippen LogP contribution in [0.4, 0.5) is 0 Å². The van der Waals surface area contributed by atoms with Crippen molar-refractivity contribution in [2.75, 3.05) is 20.8 Å². The van der Waals surface area contributed by atoms with Gasteiger partial charge in [-0.3, -0.25) is 0 Å². The lowest BCUT2D eigenvalue weighted by atomic mass is 10.1. The fourth-order valence-corrected chi connectivity index (χ4v) is 3.25. The van der Waals surface area contributed by atoms with E-state index in [-0.39, 0.29) is 12.4 Å². The normalized spacial score (nSPS) is 10.2. The summed E-state index contributed by atoms with van der Waals surface area (Å²) in [5.74, 6) is 2.33. The zero-order valence-corrected chi connectivity index (χ0v) is 18.7. The van der Waals surface area contributed by atoms with Gasteiger partial charge >= 0.3 is 0 Å². The van der Waals surface area contributed by atoms with Crippen LogP contribution in [0.1, 0.15) is 16.7 Å². The highest BCUT2D eigenvalue weighted by Gasteiger charge is 2.07. The van der Waals surface area contributed by atoms with Gasteiger partial charge in [0.25, 0.3) is 0 Å². The highest BCUT2D eigenvalue weighted by Crippen LogP contribution is 2.28. The van der Waals surface area contributed by atoms with Crippen molar-refractivity contribution in [2.45, 2.75) is 19.6 Å². The van der Waals surface area contributed by atoms with Gasteiger partial charge in [0, 0.05) is 17.1 Å². The molecular formula is C24H26Cl2NO3-. The summed E-state index contributed by atoms with van der Waals surface area (Å²) >= 11 is 6.20. The maximum atomic E-state index is 6.20. The van der Waals surface area contributed by atoms with Crippen molar-refractivity contribution in [2.24, 2.45) is 0 Å². The second kappa shape index (κ2) is 12.3. The molecule has 0 saturated heterocycles. The van der Waals surface area contributed by atoms with E-state index in [4.69, 9.17) is 25.8 Å². The first kappa shape index (κ1) is 23.9. The minimum atomic E-state index is 0. The number of hydrogen-bond acceptors (Lipinski definition) is 4. The summed E-state index contributed by atoms with van der Waals surface area (Å²) in [7, 11) is 3.29. The fourth-order valence-electron chi connectivity index (χ4n) is 3.05.